The monoisotopic (exact) mass is 360 g/mol. The van der Waals surface area contributed by atoms with Crippen LogP contribution in [0.4, 0.5) is 5.69 Å². The summed E-state index contributed by atoms with van der Waals surface area (Å²) in [5.74, 6) is 0.955. The number of nitrogens with zero attached hydrogens (tertiary/aromatic N) is 1. The van der Waals surface area contributed by atoms with Gasteiger partial charge in [0, 0.05) is 11.8 Å². The van der Waals surface area contributed by atoms with Gasteiger partial charge in [-0.1, -0.05) is 75.2 Å². The Morgan fingerprint density at radius 3 is 2.22 bits per heavy atom. The second-order valence-corrected chi connectivity index (χ2v) is 8.51. The first-order chi connectivity index (χ1) is 12.7. The Bertz CT molecular complexity index is 895. The van der Waals surface area contributed by atoms with Gasteiger partial charge in [0.15, 0.2) is 0 Å². The van der Waals surface area contributed by atoms with Crippen molar-refractivity contribution in [1.82, 2.24) is 0 Å². The molecule has 0 radical (unpaired) electrons. The van der Waals surface area contributed by atoms with Crippen LogP contribution in [0.25, 0.3) is 0 Å². The van der Waals surface area contributed by atoms with E-state index in [1.54, 1.807) is 0 Å². The van der Waals surface area contributed by atoms with Crippen LogP contribution in [0.5, 0.6) is 0 Å². The minimum atomic E-state index is -0.0197. The predicted molar refractivity (Wildman–Crippen MR) is 117 cm³/mol. The van der Waals surface area contributed by atoms with Crippen molar-refractivity contribution in [3.63, 3.8) is 0 Å². The van der Waals surface area contributed by atoms with E-state index in [2.05, 4.69) is 89.9 Å². The number of fused-ring (bicyclic) bond motifs is 1. The van der Waals surface area contributed by atoms with Crippen molar-refractivity contribution in [2.45, 2.75) is 60.3 Å². The molecule has 0 aromatic heterocycles. The number of hydrogen-bond donors (Lipinski definition) is 1. The molecule has 3 rings (SSSR count). The Morgan fingerprint density at radius 2 is 1.63 bits per heavy atom. The van der Waals surface area contributed by atoms with E-state index in [1.165, 1.54) is 27.8 Å². The second-order valence-electron chi connectivity index (χ2n) is 8.51. The fraction of sp³-hybridized carbons (Fsp3) is 0.400. The third-order valence-electron chi connectivity index (χ3n) is 6.34. The Labute approximate surface area is 164 Å². The van der Waals surface area contributed by atoms with Gasteiger partial charge < -0.3 is 4.90 Å². The molecule has 0 amide bonds. The summed E-state index contributed by atoms with van der Waals surface area (Å²) >= 11 is 0. The fourth-order valence-corrected chi connectivity index (χ4v) is 4.55. The van der Waals surface area contributed by atoms with Crippen LogP contribution >= 0.6 is 0 Å². The standard InChI is InChI=1S/C25H32N2/c1-8-20-15-27(23-17(3)13-16(2)14-18(23)4)24(26)21-11-9-10-12-22(21)25(6,7)19(20)5/h9-15,19,26H,8H2,1-7H3/b20-15-,26-24?/t19-/m1/s1. The van der Waals surface area contributed by atoms with Crippen LogP contribution in [0.2, 0.25) is 0 Å². The quantitative estimate of drug-likeness (QED) is 0.636. The van der Waals surface area contributed by atoms with Gasteiger partial charge in [0.05, 0.1) is 5.69 Å². The molecule has 1 heterocycles. The highest BCUT2D eigenvalue weighted by molar-refractivity contribution is 6.11. The van der Waals surface area contributed by atoms with Crippen LogP contribution in [-0.4, -0.2) is 5.84 Å². The Hall–Kier alpha value is -2.35. The molecule has 1 aliphatic rings. The summed E-state index contributed by atoms with van der Waals surface area (Å²) in [6.45, 7) is 15.6. The van der Waals surface area contributed by atoms with Gasteiger partial charge >= 0.3 is 0 Å². The Kier molecular flexibility index (Phi) is 5.03. The molecule has 0 aliphatic carbocycles. The van der Waals surface area contributed by atoms with Gasteiger partial charge in [0.25, 0.3) is 0 Å². The molecule has 2 aromatic carbocycles. The minimum absolute atomic E-state index is 0.0197. The number of aryl methyl sites for hydroxylation is 3. The normalized spacial score (nSPS) is 21.1. The van der Waals surface area contributed by atoms with E-state index >= 15 is 0 Å². The molecule has 1 N–H and O–H groups in total. The molecule has 2 aromatic rings. The molecule has 0 fully saturated rings. The van der Waals surface area contributed by atoms with Crippen LogP contribution in [0.3, 0.4) is 0 Å². The van der Waals surface area contributed by atoms with Gasteiger partial charge in [-0.05, 0) is 55.2 Å². The largest absolute Gasteiger partial charge is 0.301 e. The number of rotatable bonds is 2. The Morgan fingerprint density at radius 1 is 1.04 bits per heavy atom. The lowest BCUT2D eigenvalue weighted by Gasteiger charge is -2.40. The van der Waals surface area contributed by atoms with Crippen molar-refractivity contribution >= 4 is 11.5 Å². The maximum absolute atomic E-state index is 9.14. The zero-order valence-corrected chi connectivity index (χ0v) is 17.8. The molecular weight excluding hydrogens is 328 g/mol. The van der Waals surface area contributed by atoms with Gasteiger partial charge in [-0.15, -0.1) is 0 Å². The van der Waals surface area contributed by atoms with E-state index in [9.17, 15) is 0 Å². The molecule has 0 bridgehead atoms. The number of amidine groups is 1. The maximum Gasteiger partial charge on any atom is 0.137 e. The van der Waals surface area contributed by atoms with Crippen molar-refractivity contribution in [2.75, 3.05) is 4.90 Å². The first-order valence-electron chi connectivity index (χ1n) is 9.94. The van der Waals surface area contributed by atoms with Crippen molar-refractivity contribution in [2.24, 2.45) is 5.92 Å². The summed E-state index contributed by atoms with van der Waals surface area (Å²) in [6, 6.07) is 12.9. The number of benzene rings is 2. The van der Waals surface area contributed by atoms with Crippen LogP contribution in [-0.2, 0) is 5.41 Å². The molecule has 0 spiro atoms. The van der Waals surface area contributed by atoms with Gasteiger partial charge in [-0.25, -0.2) is 0 Å². The lowest BCUT2D eigenvalue weighted by Crippen LogP contribution is -2.37. The van der Waals surface area contributed by atoms with Gasteiger partial charge in [-0.2, -0.15) is 0 Å². The maximum atomic E-state index is 9.14. The van der Waals surface area contributed by atoms with Crippen LogP contribution in [0, 0.1) is 32.1 Å². The Balaban J connectivity index is 2.31. The summed E-state index contributed by atoms with van der Waals surface area (Å²) in [6.07, 6.45) is 3.22. The fourth-order valence-electron chi connectivity index (χ4n) is 4.55. The average molecular weight is 361 g/mol. The number of allylic oxidation sites excluding steroid dienone is 1. The zero-order chi connectivity index (χ0) is 19.9. The van der Waals surface area contributed by atoms with Gasteiger partial charge in [0.1, 0.15) is 5.84 Å². The van der Waals surface area contributed by atoms with E-state index in [4.69, 9.17) is 5.41 Å². The van der Waals surface area contributed by atoms with E-state index in [1.807, 2.05) is 6.07 Å². The lowest BCUT2D eigenvalue weighted by atomic mass is 9.68. The topological polar surface area (TPSA) is 27.1 Å². The van der Waals surface area contributed by atoms with Crippen molar-refractivity contribution in [3.8, 4) is 0 Å². The first-order valence-corrected chi connectivity index (χ1v) is 9.94. The number of nitrogens with one attached hydrogen (secondary N) is 1. The van der Waals surface area contributed by atoms with Crippen molar-refractivity contribution in [1.29, 1.82) is 5.41 Å². The molecule has 2 heteroatoms. The van der Waals surface area contributed by atoms with Crippen LogP contribution in [0.1, 0.15) is 61.9 Å². The molecular formula is C25H32N2. The lowest BCUT2D eigenvalue weighted by molar-refractivity contribution is 0.383. The highest BCUT2D eigenvalue weighted by Gasteiger charge is 2.35. The predicted octanol–water partition coefficient (Wildman–Crippen LogP) is 6.67. The molecule has 142 valence electrons. The van der Waals surface area contributed by atoms with Gasteiger partial charge in [-0.3, -0.25) is 5.41 Å². The summed E-state index contributed by atoms with van der Waals surface area (Å²) in [7, 11) is 0. The second kappa shape index (κ2) is 6.99. The average Bonchev–Trinajstić information content (AvgIpc) is 2.62. The molecule has 0 saturated heterocycles. The van der Waals surface area contributed by atoms with E-state index in [-0.39, 0.29) is 5.41 Å². The molecule has 2 nitrogen and oxygen atoms in total. The first kappa shape index (κ1) is 19.4. The van der Waals surface area contributed by atoms with E-state index in [0.717, 1.165) is 17.7 Å². The molecule has 1 atom stereocenters. The highest BCUT2D eigenvalue weighted by Crippen LogP contribution is 2.42. The third-order valence-corrected chi connectivity index (χ3v) is 6.34. The highest BCUT2D eigenvalue weighted by atomic mass is 15.2. The SMILES string of the molecule is CC/C1=C/N(c2c(C)cc(C)cc2C)C(=N)c2ccccc2C(C)(C)[C@@H]1C. The zero-order valence-electron chi connectivity index (χ0n) is 17.8. The third kappa shape index (κ3) is 3.22. The van der Waals surface area contributed by atoms with Crippen LogP contribution in [0.15, 0.2) is 48.2 Å². The molecule has 0 saturated carbocycles. The van der Waals surface area contributed by atoms with E-state index < -0.39 is 0 Å². The summed E-state index contributed by atoms with van der Waals surface area (Å²) < 4.78 is 0. The molecule has 1 aliphatic heterocycles. The molecule has 27 heavy (non-hydrogen) atoms. The van der Waals surface area contributed by atoms with Crippen LogP contribution < -0.4 is 4.90 Å². The summed E-state index contributed by atoms with van der Waals surface area (Å²) in [5.41, 5.74) is 8.49. The smallest absolute Gasteiger partial charge is 0.137 e. The summed E-state index contributed by atoms with van der Waals surface area (Å²) in [5, 5.41) is 9.14. The van der Waals surface area contributed by atoms with Crippen molar-refractivity contribution in [3.05, 3.63) is 76.0 Å². The number of anilines is 1. The number of hydrogen-bond acceptors (Lipinski definition) is 1. The minimum Gasteiger partial charge on any atom is -0.301 e. The summed E-state index contributed by atoms with van der Waals surface area (Å²) in [4.78, 5) is 2.12. The van der Waals surface area contributed by atoms with E-state index in [0.29, 0.717) is 11.8 Å². The molecule has 0 unspecified atom stereocenters. The van der Waals surface area contributed by atoms with Gasteiger partial charge in [0.2, 0.25) is 0 Å². The van der Waals surface area contributed by atoms with Crippen molar-refractivity contribution < 1.29 is 0 Å².